The number of carbonyl (C=O) groups is 2. The van der Waals surface area contributed by atoms with E-state index >= 15 is 0 Å². The van der Waals surface area contributed by atoms with Gasteiger partial charge < -0.3 is 16.0 Å². The van der Waals surface area contributed by atoms with E-state index in [-0.39, 0.29) is 17.9 Å². The number of rotatable bonds is 6. The fourth-order valence-electron chi connectivity index (χ4n) is 2.16. The lowest BCUT2D eigenvalue weighted by atomic mass is 10.1. The van der Waals surface area contributed by atoms with Crippen LogP contribution in [0.3, 0.4) is 0 Å². The van der Waals surface area contributed by atoms with Gasteiger partial charge in [0.25, 0.3) is 0 Å². The van der Waals surface area contributed by atoms with Gasteiger partial charge in [0.1, 0.15) is 0 Å². The number of hydrogen-bond acceptors (Lipinski definition) is 3. The van der Waals surface area contributed by atoms with Crippen molar-refractivity contribution in [3.8, 4) is 0 Å². The van der Waals surface area contributed by atoms with Gasteiger partial charge in [0.05, 0.1) is 6.04 Å². The third kappa shape index (κ3) is 5.52. The Labute approximate surface area is 142 Å². The summed E-state index contributed by atoms with van der Waals surface area (Å²) in [6, 6.07) is 14.9. The van der Waals surface area contributed by atoms with Crippen molar-refractivity contribution in [3.63, 3.8) is 0 Å². The minimum atomic E-state index is -0.318. The smallest absolute Gasteiger partial charge is 0.241 e. The Kier molecular flexibility index (Phi) is 6.09. The molecule has 2 aromatic carbocycles. The van der Waals surface area contributed by atoms with Gasteiger partial charge >= 0.3 is 0 Å². The zero-order chi connectivity index (χ0) is 17.5. The Morgan fingerprint density at radius 1 is 0.917 bits per heavy atom. The molecule has 0 aliphatic rings. The molecule has 0 heterocycles. The van der Waals surface area contributed by atoms with Crippen molar-refractivity contribution in [1.82, 2.24) is 5.32 Å². The topological polar surface area (TPSA) is 70.2 Å². The van der Waals surface area contributed by atoms with Crippen LogP contribution in [0.5, 0.6) is 0 Å². The molecule has 0 unspecified atom stereocenters. The molecule has 2 aromatic rings. The van der Waals surface area contributed by atoms with Gasteiger partial charge in [-0.2, -0.15) is 0 Å². The van der Waals surface area contributed by atoms with Crippen molar-refractivity contribution in [2.45, 2.75) is 33.4 Å². The lowest BCUT2D eigenvalue weighted by Gasteiger charge is -2.14. The lowest BCUT2D eigenvalue weighted by Crippen LogP contribution is -2.37. The van der Waals surface area contributed by atoms with Crippen LogP contribution in [-0.4, -0.2) is 17.9 Å². The van der Waals surface area contributed by atoms with Crippen molar-refractivity contribution < 1.29 is 9.59 Å². The highest BCUT2D eigenvalue weighted by atomic mass is 16.2. The van der Waals surface area contributed by atoms with E-state index in [0.29, 0.717) is 17.9 Å². The molecule has 0 spiro atoms. The molecule has 0 saturated carbocycles. The molecule has 0 radical (unpaired) electrons. The highest BCUT2D eigenvalue weighted by molar-refractivity contribution is 5.95. The normalized spacial score (nSPS) is 11.6. The molecule has 0 bridgehead atoms. The predicted octanol–water partition coefficient (Wildman–Crippen LogP) is 3.07. The average Bonchev–Trinajstić information content (AvgIpc) is 2.55. The second-order valence-corrected chi connectivity index (χ2v) is 5.84. The van der Waals surface area contributed by atoms with E-state index in [9.17, 15) is 9.59 Å². The Bertz CT molecular complexity index is 694. The molecule has 0 aliphatic heterocycles. The summed E-state index contributed by atoms with van der Waals surface area (Å²) >= 11 is 0. The van der Waals surface area contributed by atoms with Gasteiger partial charge in [-0.05, 0) is 43.7 Å². The van der Waals surface area contributed by atoms with Crippen molar-refractivity contribution in [2.75, 3.05) is 10.6 Å². The summed E-state index contributed by atoms with van der Waals surface area (Å²) in [4.78, 5) is 23.2. The van der Waals surface area contributed by atoms with Gasteiger partial charge in [-0.1, -0.05) is 29.8 Å². The first kappa shape index (κ1) is 17.7. The largest absolute Gasteiger partial charge is 0.326 e. The molecule has 0 aliphatic carbocycles. The highest BCUT2D eigenvalue weighted by Crippen LogP contribution is 2.13. The quantitative estimate of drug-likeness (QED) is 0.764. The van der Waals surface area contributed by atoms with Gasteiger partial charge in [-0.25, -0.2) is 0 Å². The zero-order valence-corrected chi connectivity index (χ0v) is 14.2. The van der Waals surface area contributed by atoms with E-state index in [1.807, 2.05) is 26.0 Å². The Morgan fingerprint density at radius 3 is 2.00 bits per heavy atom. The highest BCUT2D eigenvalue weighted by Gasteiger charge is 2.12. The molecular weight excluding hydrogens is 302 g/mol. The lowest BCUT2D eigenvalue weighted by molar-refractivity contribution is -0.118. The van der Waals surface area contributed by atoms with Crippen LogP contribution in [0.25, 0.3) is 0 Å². The van der Waals surface area contributed by atoms with Crippen LogP contribution < -0.4 is 16.0 Å². The third-order valence-electron chi connectivity index (χ3n) is 3.60. The van der Waals surface area contributed by atoms with Crippen LogP contribution >= 0.6 is 0 Å². The van der Waals surface area contributed by atoms with Crippen LogP contribution in [0.2, 0.25) is 0 Å². The summed E-state index contributed by atoms with van der Waals surface area (Å²) in [5.41, 5.74) is 3.75. The maximum atomic E-state index is 12.2. The molecular formula is C19H23N3O2. The van der Waals surface area contributed by atoms with E-state index in [0.717, 1.165) is 5.56 Å². The van der Waals surface area contributed by atoms with Gasteiger partial charge in [0.2, 0.25) is 11.8 Å². The first-order valence-electron chi connectivity index (χ1n) is 7.91. The molecule has 0 saturated heterocycles. The molecule has 5 heteroatoms. The molecule has 126 valence electrons. The SMILES string of the molecule is CC(=O)Nc1ccc(NC(=O)[C@H](C)NCc2ccc(C)cc2)cc1. The summed E-state index contributed by atoms with van der Waals surface area (Å²) in [5, 5.41) is 8.75. The number of hydrogen-bond donors (Lipinski definition) is 3. The van der Waals surface area contributed by atoms with E-state index in [1.165, 1.54) is 12.5 Å². The van der Waals surface area contributed by atoms with Crippen LogP contribution in [0.4, 0.5) is 11.4 Å². The number of carbonyl (C=O) groups excluding carboxylic acids is 2. The van der Waals surface area contributed by atoms with Gasteiger partial charge in [0.15, 0.2) is 0 Å². The number of aryl methyl sites for hydroxylation is 1. The predicted molar refractivity (Wildman–Crippen MR) is 96.9 cm³/mol. The zero-order valence-electron chi connectivity index (χ0n) is 14.2. The Balaban J connectivity index is 1.84. The summed E-state index contributed by atoms with van der Waals surface area (Å²) in [6.07, 6.45) is 0. The van der Waals surface area contributed by atoms with Crippen LogP contribution in [0.15, 0.2) is 48.5 Å². The van der Waals surface area contributed by atoms with E-state index < -0.39 is 0 Å². The summed E-state index contributed by atoms with van der Waals surface area (Å²) < 4.78 is 0. The number of benzene rings is 2. The fourth-order valence-corrected chi connectivity index (χ4v) is 2.16. The molecule has 0 fully saturated rings. The maximum absolute atomic E-state index is 12.2. The molecule has 3 N–H and O–H groups in total. The van der Waals surface area contributed by atoms with Crippen molar-refractivity contribution >= 4 is 23.2 Å². The molecule has 2 rings (SSSR count). The second kappa shape index (κ2) is 8.26. The first-order chi connectivity index (χ1) is 11.4. The maximum Gasteiger partial charge on any atom is 0.241 e. The average molecular weight is 325 g/mol. The standard InChI is InChI=1S/C19H23N3O2/c1-13-4-6-16(7-5-13)12-20-14(2)19(24)22-18-10-8-17(9-11-18)21-15(3)23/h4-11,14,20H,12H2,1-3H3,(H,21,23)(H,22,24)/t14-/m0/s1. The van der Waals surface area contributed by atoms with Crippen LogP contribution in [-0.2, 0) is 16.1 Å². The van der Waals surface area contributed by atoms with E-state index in [2.05, 4.69) is 28.1 Å². The fraction of sp³-hybridized carbons (Fsp3) is 0.263. The van der Waals surface area contributed by atoms with Gasteiger partial charge in [-0.3, -0.25) is 9.59 Å². The number of nitrogens with one attached hydrogen (secondary N) is 3. The third-order valence-corrected chi connectivity index (χ3v) is 3.60. The van der Waals surface area contributed by atoms with E-state index in [1.54, 1.807) is 24.3 Å². The van der Waals surface area contributed by atoms with Crippen LogP contribution in [0, 0.1) is 6.92 Å². The Morgan fingerprint density at radius 2 is 1.46 bits per heavy atom. The molecule has 5 nitrogen and oxygen atoms in total. The Hall–Kier alpha value is -2.66. The summed E-state index contributed by atoms with van der Waals surface area (Å²) in [6.45, 7) is 5.97. The monoisotopic (exact) mass is 325 g/mol. The van der Waals surface area contributed by atoms with Crippen molar-refractivity contribution in [2.24, 2.45) is 0 Å². The molecule has 24 heavy (non-hydrogen) atoms. The van der Waals surface area contributed by atoms with Crippen molar-refractivity contribution in [3.05, 3.63) is 59.7 Å². The minimum Gasteiger partial charge on any atom is -0.326 e. The second-order valence-electron chi connectivity index (χ2n) is 5.84. The summed E-state index contributed by atoms with van der Waals surface area (Å²) in [5.74, 6) is -0.227. The molecule has 1 atom stereocenters. The van der Waals surface area contributed by atoms with Crippen LogP contribution in [0.1, 0.15) is 25.0 Å². The summed E-state index contributed by atoms with van der Waals surface area (Å²) in [7, 11) is 0. The first-order valence-corrected chi connectivity index (χ1v) is 7.91. The number of amides is 2. The van der Waals surface area contributed by atoms with Gasteiger partial charge in [-0.15, -0.1) is 0 Å². The van der Waals surface area contributed by atoms with Crippen molar-refractivity contribution in [1.29, 1.82) is 0 Å². The molecule has 2 amide bonds. The van der Waals surface area contributed by atoms with E-state index in [4.69, 9.17) is 0 Å². The molecule has 0 aromatic heterocycles. The minimum absolute atomic E-state index is 0.102. The van der Waals surface area contributed by atoms with Gasteiger partial charge in [0, 0.05) is 24.8 Å². The number of anilines is 2.